The van der Waals surface area contributed by atoms with Gasteiger partial charge in [-0.25, -0.2) is 8.42 Å². The second kappa shape index (κ2) is 9.87. The molecule has 1 saturated heterocycles. The van der Waals surface area contributed by atoms with E-state index >= 15 is 0 Å². The van der Waals surface area contributed by atoms with Gasteiger partial charge in [0.1, 0.15) is 5.75 Å². The van der Waals surface area contributed by atoms with Crippen LogP contribution in [0.15, 0.2) is 53.0 Å². The number of piperidine rings is 1. The van der Waals surface area contributed by atoms with Crippen molar-refractivity contribution in [2.75, 3.05) is 18.8 Å². The predicted octanol–water partition coefficient (Wildman–Crippen LogP) is 3.45. The summed E-state index contributed by atoms with van der Waals surface area (Å²) in [5.74, 6) is -0.992. The molecule has 1 aliphatic rings. The summed E-state index contributed by atoms with van der Waals surface area (Å²) in [6, 6.07) is 15.5. The minimum atomic E-state index is -3.49. The number of carbonyl (C=O) groups is 1. The van der Waals surface area contributed by atoms with Gasteiger partial charge >= 0.3 is 0 Å². The second-order valence-corrected chi connectivity index (χ2v) is 10.7. The molecule has 0 bridgehead atoms. The molecule has 2 aromatic carbocycles. The van der Waals surface area contributed by atoms with E-state index in [2.05, 4.69) is 51.3 Å². The van der Waals surface area contributed by atoms with Crippen LogP contribution in [0.1, 0.15) is 29.5 Å². The number of carbonyl (C=O) groups excluding carboxylic acids is 1. The molecule has 2 aromatic rings. The first-order valence-corrected chi connectivity index (χ1v) is 12.4. The Bertz CT molecular complexity index is 937. The molecule has 0 radical (unpaired) electrons. The molecule has 0 unspecified atom stereocenters. The molecule has 3 rings (SSSR count). The summed E-state index contributed by atoms with van der Waals surface area (Å²) in [5, 5.41) is 2.91. The van der Waals surface area contributed by atoms with E-state index in [0.29, 0.717) is 5.56 Å². The zero-order valence-corrected chi connectivity index (χ0v) is 19.0. The number of nitrogens with one attached hydrogen (secondary N) is 1. The second-order valence-electron chi connectivity index (χ2n) is 7.70. The van der Waals surface area contributed by atoms with Crippen molar-refractivity contribution in [2.45, 2.75) is 38.1 Å². The first kappa shape index (κ1) is 22.0. The van der Waals surface area contributed by atoms with Crippen LogP contribution in [0.5, 0.6) is 0 Å². The Hall–Kier alpha value is -1.70. The number of benzene rings is 2. The molecular formula is C22H27BrN2O3S. The van der Waals surface area contributed by atoms with Crippen molar-refractivity contribution in [3.63, 3.8) is 0 Å². The van der Waals surface area contributed by atoms with E-state index < -0.39 is 21.5 Å². The van der Waals surface area contributed by atoms with Crippen molar-refractivity contribution in [2.24, 2.45) is 0 Å². The summed E-state index contributed by atoms with van der Waals surface area (Å²) in [6.07, 6.45) is 1.68. The van der Waals surface area contributed by atoms with E-state index in [1.807, 2.05) is 6.07 Å². The van der Waals surface area contributed by atoms with Crippen LogP contribution in [0.25, 0.3) is 0 Å². The summed E-state index contributed by atoms with van der Waals surface area (Å²) in [7, 11) is -3.49. The minimum absolute atomic E-state index is 0.0403. The molecule has 0 saturated carbocycles. The average molecular weight is 479 g/mol. The molecular weight excluding hydrogens is 452 g/mol. The molecule has 1 N–H and O–H groups in total. The highest BCUT2D eigenvalue weighted by Crippen LogP contribution is 2.17. The number of hydrogen-bond donors (Lipinski definition) is 1. The highest BCUT2D eigenvalue weighted by molar-refractivity contribution is 9.10. The van der Waals surface area contributed by atoms with Gasteiger partial charge in [0.15, 0.2) is 9.84 Å². The van der Waals surface area contributed by atoms with E-state index in [1.165, 1.54) is 11.1 Å². The lowest BCUT2D eigenvalue weighted by molar-refractivity contribution is -0.119. The first-order chi connectivity index (χ1) is 13.8. The smallest absolute Gasteiger partial charge is 0.235 e. The Morgan fingerprint density at radius 1 is 1.10 bits per heavy atom. The molecule has 0 spiro atoms. The quantitative estimate of drug-likeness (QED) is 0.661. The Morgan fingerprint density at radius 2 is 1.76 bits per heavy atom. The number of amides is 1. The summed E-state index contributed by atoms with van der Waals surface area (Å²) in [4.78, 5) is 14.7. The van der Waals surface area contributed by atoms with Crippen LogP contribution >= 0.6 is 15.9 Å². The summed E-state index contributed by atoms with van der Waals surface area (Å²) < 4.78 is 25.6. The SMILES string of the molecule is Cc1ccccc1CN1CCC(NC(=O)CS(=O)(=O)Cc2ccc(Br)cc2)CC1. The number of rotatable bonds is 7. The van der Waals surface area contributed by atoms with Crippen molar-refractivity contribution in [1.82, 2.24) is 10.2 Å². The normalized spacial score (nSPS) is 15.9. The maximum atomic E-state index is 12.3. The summed E-state index contributed by atoms with van der Waals surface area (Å²) in [5.41, 5.74) is 3.30. The molecule has 0 aliphatic carbocycles. The van der Waals surface area contributed by atoms with E-state index in [-0.39, 0.29) is 11.8 Å². The van der Waals surface area contributed by atoms with Crippen molar-refractivity contribution in [3.8, 4) is 0 Å². The maximum Gasteiger partial charge on any atom is 0.235 e. The van der Waals surface area contributed by atoms with Crippen molar-refractivity contribution < 1.29 is 13.2 Å². The molecule has 0 aromatic heterocycles. The molecule has 1 aliphatic heterocycles. The molecule has 7 heteroatoms. The van der Waals surface area contributed by atoms with Gasteiger partial charge in [0.25, 0.3) is 0 Å². The topological polar surface area (TPSA) is 66.5 Å². The lowest BCUT2D eigenvalue weighted by Gasteiger charge is -2.32. The molecule has 1 fully saturated rings. The van der Waals surface area contributed by atoms with Crippen LogP contribution in [0.4, 0.5) is 0 Å². The molecule has 29 heavy (non-hydrogen) atoms. The van der Waals surface area contributed by atoms with Crippen molar-refractivity contribution >= 4 is 31.7 Å². The third-order valence-corrected chi connectivity index (χ3v) is 7.26. The maximum absolute atomic E-state index is 12.3. The van der Waals surface area contributed by atoms with Crippen LogP contribution in [0.3, 0.4) is 0 Å². The van der Waals surface area contributed by atoms with E-state index in [4.69, 9.17) is 0 Å². The fourth-order valence-electron chi connectivity index (χ4n) is 3.62. The standard InChI is InChI=1S/C22H27BrN2O3S/c1-17-4-2-3-5-19(17)14-25-12-10-21(11-13-25)24-22(26)16-29(27,28)15-18-6-8-20(23)9-7-18/h2-9,21H,10-16H2,1H3,(H,24,26). The summed E-state index contributed by atoms with van der Waals surface area (Å²) in [6.45, 7) is 4.82. The van der Waals surface area contributed by atoms with Gasteiger partial charge < -0.3 is 5.32 Å². The van der Waals surface area contributed by atoms with Gasteiger partial charge in [-0.05, 0) is 48.6 Å². The Labute approximate surface area is 181 Å². The van der Waals surface area contributed by atoms with Gasteiger partial charge in [-0.1, -0.05) is 52.3 Å². The monoisotopic (exact) mass is 478 g/mol. The van der Waals surface area contributed by atoms with E-state index in [9.17, 15) is 13.2 Å². The van der Waals surface area contributed by atoms with Gasteiger partial charge in [-0.2, -0.15) is 0 Å². The highest BCUT2D eigenvalue weighted by atomic mass is 79.9. The highest BCUT2D eigenvalue weighted by Gasteiger charge is 2.23. The summed E-state index contributed by atoms with van der Waals surface area (Å²) >= 11 is 3.33. The average Bonchev–Trinajstić information content (AvgIpc) is 2.66. The van der Waals surface area contributed by atoms with Crippen molar-refractivity contribution in [3.05, 3.63) is 69.7 Å². The number of halogens is 1. The number of nitrogens with zero attached hydrogens (tertiary/aromatic N) is 1. The molecule has 0 atom stereocenters. The number of likely N-dealkylation sites (tertiary alicyclic amines) is 1. The molecule has 156 valence electrons. The largest absolute Gasteiger partial charge is 0.352 e. The number of aryl methyl sites for hydroxylation is 1. The third-order valence-electron chi connectivity index (χ3n) is 5.26. The number of sulfone groups is 1. The van der Waals surface area contributed by atoms with Crippen molar-refractivity contribution in [1.29, 1.82) is 0 Å². The lowest BCUT2D eigenvalue weighted by atomic mass is 10.0. The van der Waals surface area contributed by atoms with Gasteiger partial charge in [-0.15, -0.1) is 0 Å². The number of hydrogen-bond acceptors (Lipinski definition) is 4. The van der Waals surface area contributed by atoms with Crippen LogP contribution < -0.4 is 5.32 Å². The van der Waals surface area contributed by atoms with E-state index in [1.54, 1.807) is 24.3 Å². The first-order valence-electron chi connectivity index (χ1n) is 9.82. The van der Waals surface area contributed by atoms with Crippen LogP contribution in [-0.2, 0) is 26.9 Å². The zero-order chi connectivity index (χ0) is 20.9. The predicted molar refractivity (Wildman–Crippen MR) is 119 cm³/mol. The molecule has 1 heterocycles. The van der Waals surface area contributed by atoms with Crippen LogP contribution in [0.2, 0.25) is 0 Å². The zero-order valence-electron chi connectivity index (χ0n) is 16.6. The Balaban J connectivity index is 1.44. The van der Waals surface area contributed by atoms with Gasteiger partial charge in [0.2, 0.25) is 5.91 Å². The molecule has 1 amide bonds. The Morgan fingerprint density at radius 3 is 2.41 bits per heavy atom. The molecule has 5 nitrogen and oxygen atoms in total. The fourth-order valence-corrected chi connectivity index (χ4v) is 5.17. The third kappa shape index (κ3) is 6.94. The minimum Gasteiger partial charge on any atom is -0.352 e. The Kier molecular flexibility index (Phi) is 7.49. The van der Waals surface area contributed by atoms with Gasteiger partial charge in [0, 0.05) is 30.1 Å². The van der Waals surface area contributed by atoms with E-state index in [0.717, 1.165) is 36.9 Å². The fraction of sp³-hybridized carbons (Fsp3) is 0.409. The van der Waals surface area contributed by atoms with Crippen LogP contribution in [0, 0.1) is 6.92 Å². The van der Waals surface area contributed by atoms with Crippen LogP contribution in [-0.4, -0.2) is 44.1 Å². The van der Waals surface area contributed by atoms with Gasteiger partial charge in [0.05, 0.1) is 5.75 Å². The van der Waals surface area contributed by atoms with Gasteiger partial charge in [-0.3, -0.25) is 9.69 Å². The lowest BCUT2D eigenvalue weighted by Crippen LogP contribution is -2.46.